The van der Waals surface area contributed by atoms with Crippen molar-refractivity contribution in [3.8, 4) is 0 Å². The number of nitrogens with one attached hydrogen (secondary N) is 1. The van der Waals surface area contributed by atoms with Gasteiger partial charge in [0.15, 0.2) is 0 Å². The maximum Gasteiger partial charge on any atom is 0.275 e. The minimum absolute atomic E-state index is 0.0337. The normalized spacial score (nSPS) is 21.6. The summed E-state index contributed by atoms with van der Waals surface area (Å²) >= 11 is 0. The van der Waals surface area contributed by atoms with Gasteiger partial charge >= 0.3 is 0 Å². The number of hydrogen-bond donors (Lipinski definition) is 2. The quantitative estimate of drug-likeness (QED) is 0.824. The number of hydrogen-bond acceptors (Lipinski definition) is 4. The number of nitrogens with zero attached hydrogens (tertiary/aromatic N) is 3. The molecule has 0 aromatic carbocycles. The van der Waals surface area contributed by atoms with Gasteiger partial charge in [0.1, 0.15) is 11.7 Å². The van der Waals surface area contributed by atoms with E-state index in [4.69, 9.17) is 5.73 Å². The van der Waals surface area contributed by atoms with E-state index in [-0.39, 0.29) is 17.9 Å². The van der Waals surface area contributed by atoms with E-state index < -0.39 is 6.04 Å². The average Bonchev–Trinajstić information content (AvgIpc) is 3.05. The van der Waals surface area contributed by atoms with Crippen molar-refractivity contribution in [3.63, 3.8) is 0 Å². The second kappa shape index (κ2) is 6.26. The molecule has 2 amide bonds. The van der Waals surface area contributed by atoms with Crippen LogP contribution in [0.25, 0.3) is 0 Å². The summed E-state index contributed by atoms with van der Waals surface area (Å²) in [5, 5.41) is 6.73. The van der Waals surface area contributed by atoms with Crippen LogP contribution in [0.3, 0.4) is 0 Å². The fraction of sp³-hybridized carbons (Fsp3) is 0.643. The summed E-state index contributed by atoms with van der Waals surface area (Å²) in [6, 6.07) is 1.04. The fourth-order valence-electron chi connectivity index (χ4n) is 2.75. The van der Waals surface area contributed by atoms with Crippen molar-refractivity contribution in [3.05, 3.63) is 17.5 Å². The molecule has 2 atom stereocenters. The van der Waals surface area contributed by atoms with Crippen molar-refractivity contribution in [2.24, 2.45) is 5.73 Å². The predicted molar refractivity (Wildman–Crippen MR) is 78.7 cm³/mol. The van der Waals surface area contributed by atoms with Crippen molar-refractivity contribution in [2.45, 2.75) is 39.3 Å². The molecule has 7 heteroatoms. The second-order valence-corrected chi connectivity index (χ2v) is 5.42. The lowest BCUT2D eigenvalue weighted by Crippen LogP contribution is -2.47. The number of aryl methyl sites for hydroxylation is 1. The predicted octanol–water partition coefficient (Wildman–Crippen LogP) is 0.128. The van der Waals surface area contributed by atoms with E-state index in [2.05, 4.69) is 10.2 Å². The first-order chi connectivity index (χ1) is 9.97. The molecule has 116 valence electrons. The fourth-order valence-corrected chi connectivity index (χ4v) is 2.75. The smallest absolute Gasteiger partial charge is 0.275 e. The molecular formula is C14H23N5O2. The average molecular weight is 293 g/mol. The highest BCUT2D eigenvalue weighted by Crippen LogP contribution is 2.21. The van der Waals surface area contributed by atoms with Crippen LogP contribution in [0, 0.1) is 6.92 Å². The number of likely N-dealkylation sites (tertiary alicyclic amines) is 1. The zero-order valence-electron chi connectivity index (χ0n) is 12.8. The topological polar surface area (TPSA) is 95.3 Å². The largest absolute Gasteiger partial charge is 0.341 e. The third-order valence-electron chi connectivity index (χ3n) is 3.88. The Morgan fingerprint density at radius 1 is 1.48 bits per heavy atom. The Balaban J connectivity index is 2.20. The standard InChI is InChI=1S/C14H23N5O2/c1-4-18(5-2)14(21)12-7-10(15)8-19(12)13(20)11-6-9(3)16-17-11/h6,10,12H,4-5,7-8,15H2,1-3H3,(H,16,17)/t10-,12+/m1/s1. The number of carbonyl (C=O) groups excluding carboxylic acids is 2. The number of likely N-dealkylation sites (N-methyl/N-ethyl adjacent to an activating group) is 1. The van der Waals surface area contributed by atoms with Gasteiger partial charge in [0.2, 0.25) is 5.91 Å². The van der Waals surface area contributed by atoms with Crippen LogP contribution in [-0.2, 0) is 4.79 Å². The molecule has 0 bridgehead atoms. The molecule has 0 spiro atoms. The van der Waals surface area contributed by atoms with Crippen molar-refractivity contribution >= 4 is 11.8 Å². The molecule has 1 fully saturated rings. The maximum atomic E-state index is 12.6. The Kier molecular flexibility index (Phi) is 4.62. The van der Waals surface area contributed by atoms with Gasteiger partial charge in [-0.1, -0.05) is 0 Å². The lowest BCUT2D eigenvalue weighted by molar-refractivity contribution is -0.134. The monoisotopic (exact) mass is 293 g/mol. The second-order valence-electron chi connectivity index (χ2n) is 5.42. The van der Waals surface area contributed by atoms with E-state index in [1.807, 2.05) is 20.8 Å². The zero-order chi connectivity index (χ0) is 15.6. The van der Waals surface area contributed by atoms with Gasteiger partial charge in [0.25, 0.3) is 5.91 Å². The summed E-state index contributed by atoms with van der Waals surface area (Å²) in [7, 11) is 0. The molecule has 2 rings (SSSR count). The molecule has 3 N–H and O–H groups in total. The Morgan fingerprint density at radius 3 is 2.67 bits per heavy atom. The Morgan fingerprint density at radius 2 is 2.14 bits per heavy atom. The van der Waals surface area contributed by atoms with Gasteiger partial charge in [0.05, 0.1) is 0 Å². The molecule has 0 unspecified atom stereocenters. The summed E-state index contributed by atoms with van der Waals surface area (Å²) in [4.78, 5) is 28.4. The minimum Gasteiger partial charge on any atom is -0.341 e. The van der Waals surface area contributed by atoms with Crippen LogP contribution in [0.1, 0.15) is 36.5 Å². The lowest BCUT2D eigenvalue weighted by Gasteiger charge is -2.28. The summed E-state index contributed by atoms with van der Waals surface area (Å²) < 4.78 is 0. The van der Waals surface area contributed by atoms with Crippen LogP contribution in [0.2, 0.25) is 0 Å². The molecule has 1 aromatic heterocycles. The lowest BCUT2D eigenvalue weighted by atomic mass is 10.1. The molecule has 0 radical (unpaired) electrons. The van der Waals surface area contributed by atoms with Gasteiger partial charge in [-0.2, -0.15) is 5.10 Å². The Bertz CT molecular complexity index is 523. The molecule has 0 saturated carbocycles. The zero-order valence-corrected chi connectivity index (χ0v) is 12.8. The molecule has 1 aliphatic rings. The van der Waals surface area contributed by atoms with Crippen LogP contribution in [-0.4, -0.2) is 63.5 Å². The Labute approximate surface area is 124 Å². The summed E-state index contributed by atoms with van der Waals surface area (Å²) in [5.74, 6) is -0.272. The van der Waals surface area contributed by atoms with E-state index in [0.29, 0.717) is 31.7 Å². The van der Waals surface area contributed by atoms with Crippen LogP contribution in [0.5, 0.6) is 0 Å². The Hall–Kier alpha value is -1.89. The SMILES string of the molecule is CCN(CC)C(=O)[C@@H]1C[C@@H](N)CN1C(=O)c1cc(C)[nH]n1. The van der Waals surface area contributed by atoms with E-state index >= 15 is 0 Å². The van der Waals surface area contributed by atoms with Gasteiger partial charge in [-0.25, -0.2) is 0 Å². The van der Waals surface area contributed by atoms with Crippen LogP contribution in [0.4, 0.5) is 0 Å². The third kappa shape index (κ3) is 3.07. The minimum atomic E-state index is -0.482. The van der Waals surface area contributed by atoms with Gasteiger partial charge in [-0.05, 0) is 33.3 Å². The summed E-state index contributed by atoms with van der Waals surface area (Å²) in [6.07, 6.45) is 0.504. The molecule has 0 aliphatic carbocycles. The number of amides is 2. The molecule has 7 nitrogen and oxygen atoms in total. The third-order valence-corrected chi connectivity index (χ3v) is 3.88. The first-order valence-corrected chi connectivity index (χ1v) is 7.35. The van der Waals surface area contributed by atoms with E-state index in [0.717, 1.165) is 5.69 Å². The van der Waals surface area contributed by atoms with Gasteiger partial charge in [0, 0.05) is 31.4 Å². The molecular weight excluding hydrogens is 270 g/mol. The summed E-state index contributed by atoms with van der Waals surface area (Å²) in [5.41, 5.74) is 7.11. The maximum absolute atomic E-state index is 12.6. The van der Waals surface area contributed by atoms with Gasteiger partial charge < -0.3 is 15.5 Å². The molecule has 21 heavy (non-hydrogen) atoms. The van der Waals surface area contributed by atoms with Crippen molar-refractivity contribution < 1.29 is 9.59 Å². The highest BCUT2D eigenvalue weighted by atomic mass is 16.2. The van der Waals surface area contributed by atoms with Gasteiger partial charge in [-0.15, -0.1) is 0 Å². The first kappa shape index (κ1) is 15.5. The van der Waals surface area contributed by atoms with Crippen molar-refractivity contribution in [1.29, 1.82) is 0 Å². The van der Waals surface area contributed by atoms with Crippen LogP contribution < -0.4 is 5.73 Å². The number of nitrogens with two attached hydrogens (primary N) is 1. The number of aromatic nitrogens is 2. The van der Waals surface area contributed by atoms with E-state index in [1.165, 1.54) is 0 Å². The molecule has 1 aromatic rings. The molecule has 1 aliphatic heterocycles. The highest BCUT2D eigenvalue weighted by Gasteiger charge is 2.40. The highest BCUT2D eigenvalue weighted by molar-refractivity contribution is 5.96. The van der Waals surface area contributed by atoms with Crippen molar-refractivity contribution in [1.82, 2.24) is 20.0 Å². The first-order valence-electron chi connectivity index (χ1n) is 7.35. The van der Waals surface area contributed by atoms with Crippen molar-refractivity contribution in [2.75, 3.05) is 19.6 Å². The molecule has 2 heterocycles. The number of aromatic amines is 1. The van der Waals surface area contributed by atoms with Gasteiger partial charge in [-0.3, -0.25) is 14.7 Å². The summed E-state index contributed by atoms with van der Waals surface area (Å²) in [6.45, 7) is 7.34. The van der Waals surface area contributed by atoms with Crippen LogP contribution >= 0.6 is 0 Å². The number of H-pyrrole nitrogens is 1. The number of rotatable bonds is 4. The number of carbonyl (C=O) groups is 2. The van der Waals surface area contributed by atoms with E-state index in [1.54, 1.807) is 15.9 Å². The van der Waals surface area contributed by atoms with Crippen LogP contribution in [0.15, 0.2) is 6.07 Å². The molecule has 1 saturated heterocycles. The van der Waals surface area contributed by atoms with E-state index in [9.17, 15) is 9.59 Å².